The van der Waals surface area contributed by atoms with Crippen molar-refractivity contribution in [1.29, 1.82) is 0 Å². The first kappa shape index (κ1) is 20.2. The Morgan fingerprint density at radius 3 is 2.41 bits per heavy atom. The molecule has 2 N–H and O–H groups in total. The molecular formula is C20H24N2O5. The van der Waals surface area contributed by atoms with E-state index in [4.69, 9.17) is 9.15 Å². The van der Waals surface area contributed by atoms with E-state index in [-0.39, 0.29) is 18.7 Å². The minimum atomic E-state index is -0.946. The van der Waals surface area contributed by atoms with Crippen molar-refractivity contribution >= 4 is 23.5 Å². The number of carbonyl (C=O) groups is 3. The summed E-state index contributed by atoms with van der Waals surface area (Å²) in [5.41, 5.74) is 3.72. The van der Waals surface area contributed by atoms with Gasteiger partial charge in [-0.3, -0.25) is 14.4 Å². The molecule has 0 aliphatic rings. The fraction of sp³-hybridized carbons (Fsp3) is 0.350. The van der Waals surface area contributed by atoms with Gasteiger partial charge in [-0.1, -0.05) is 17.7 Å². The maximum atomic E-state index is 12.3. The van der Waals surface area contributed by atoms with Gasteiger partial charge in [0.05, 0.1) is 12.7 Å². The van der Waals surface area contributed by atoms with E-state index in [1.54, 1.807) is 6.07 Å². The van der Waals surface area contributed by atoms with Gasteiger partial charge >= 0.3 is 5.97 Å². The van der Waals surface area contributed by atoms with Crippen molar-refractivity contribution in [1.82, 2.24) is 5.32 Å². The summed E-state index contributed by atoms with van der Waals surface area (Å²) in [6.07, 6.45) is 0.395. The van der Waals surface area contributed by atoms with Crippen LogP contribution in [0.1, 0.15) is 40.6 Å². The number of aryl methyl sites for hydroxylation is 3. The number of furan rings is 1. The first-order valence-electron chi connectivity index (χ1n) is 8.68. The third-order valence-electron chi connectivity index (χ3n) is 3.96. The van der Waals surface area contributed by atoms with Crippen LogP contribution in [0.4, 0.5) is 5.69 Å². The molecule has 0 aliphatic carbocycles. The normalized spacial score (nSPS) is 11.6. The van der Waals surface area contributed by atoms with Crippen molar-refractivity contribution in [3.8, 4) is 0 Å². The lowest BCUT2D eigenvalue weighted by molar-refractivity contribution is -0.153. The van der Waals surface area contributed by atoms with Crippen molar-refractivity contribution in [3.05, 3.63) is 53.0 Å². The van der Waals surface area contributed by atoms with Crippen molar-refractivity contribution in [3.63, 3.8) is 0 Å². The second-order valence-corrected chi connectivity index (χ2v) is 6.38. The lowest BCUT2D eigenvalue weighted by Gasteiger charge is -2.17. The fourth-order valence-corrected chi connectivity index (χ4v) is 2.68. The van der Waals surface area contributed by atoms with Gasteiger partial charge in [0, 0.05) is 12.2 Å². The zero-order valence-electron chi connectivity index (χ0n) is 15.9. The van der Waals surface area contributed by atoms with Crippen molar-refractivity contribution in [2.24, 2.45) is 0 Å². The predicted molar refractivity (Wildman–Crippen MR) is 100 cm³/mol. The quantitative estimate of drug-likeness (QED) is 0.728. The maximum Gasteiger partial charge on any atom is 0.308 e. The molecule has 7 heteroatoms. The Kier molecular flexibility index (Phi) is 6.76. The van der Waals surface area contributed by atoms with Crippen molar-refractivity contribution < 1.29 is 23.5 Å². The van der Waals surface area contributed by atoms with Gasteiger partial charge in [0.15, 0.2) is 11.9 Å². The lowest BCUT2D eigenvalue weighted by Crippen LogP contribution is -2.32. The third kappa shape index (κ3) is 5.70. The Hall–Kier alpha value is -3.09. The molecule has 0 spiro atoms. The van der Waals surface area contributed by atoms with Crippen LogP contribution < -0.4 is 10.6 Å². The first-order chi connectivity index (χ1) is 12.8. The van der Waals surface area contributed by atoms with Crippen LogP contribution in [0.5, 0.6) is 0 Å². The van der Waals surface area contributed by atoms with E-state index < -0.39 is 23.9 Å². The van der Waals surface area contributed by atoms with Crippen molar-refractivity contribution in [2.75, 3.05) is 11.9 Å². The second kappa shape index (κ2) is 9.02. The fourth-order valence-electron chi connectivity index (χ4n) is 2.68. The van der Waals surface area contributed by atoms with Crippen LogP contribution in [-0.4, -0.2) is 30.4 Å². The van der Waals surface area contributed by atoms with Gasteiger partial charge in [-0.15, -0.1) is 0 Å². The maximum absolute atomic E-state index is 12.3. The van der Waals surface area contributed by atoms with E-state index in [1.165, 1.54) is 19.3 Å². The zero-order chi connectivity index (χ0) is 20.0. The Balaban J connectivity index is 1.80. The highest BCUT2D eigenvalue weighted by Crippen LogP contribution is 2.22. The van der Waals surface area contributed by atoms with Gasteiger partial charge in [0.25, 0.3) is 11.8 Å². The van der Waals surface area contributed by atoms with E-state index in [9.17, 15) is 14.4 Å². The van der Waals surface area contributed by atoms with Gasteiger partial charge in [0.2, 0.25) is 0 Å². The second-order valence-electron chi connectivity index (χ2n) is 6.38. The molecule has 1 unspecified atom stereocenters. The summed E-state index contributed by atoms with van der Waals surface area (Å²) < 4.78 is 10.1. The standard InChI is InChI=1S/C20H24N2O5/c1-12-10-13(2)18(14(3)11-12)22-19(24)15(4)27-17(23)7-8-21-20(25)16-6-5-9-26-16/h5-6,9-11,15H,7-8H2,1-4H3,(H,21,25)(H,22,24). The molecule has 144 valence electrons. The summed E-state index contributed by atoms with van der Waals surface area (Å²) in [4.78, 5) is 35.9. The summed E-state index contributed by atoms with van der Waals surface area (Å²) in [6.45, 7) is 7.40. The number of hydrogen-bond acceptors (Lipinski definition) is 5. The molecule has 0 fully saturated rings. The number of benzene rings is 1. The monoisotopic (exact) mass is 372 g/mol. The highest BCUT2D eigenvalue weighted by atomic mass is 16.5. The third-order valence-corrected chi connectivity index (χ3v) is 3.96. The van der Waals surface area contributed by atoms with Crippen LogP contribution in [0.15, 0.2) is 34.9 Å². The van der Waals surface area contributed by atoms with Crippen LogP contribution in [0.25, 0.3) is 0 Å². The summed E-state index contributed by atoms with van der Waals surface area (Å²) >= 11 is 0. The van der Waals surface area contributed by atoms with E-state index in [2.05, 4.69) is 10.6 Å². The summed E-state index contributed by atoms with van der Waals surface area (Å²) in [7, 11) is 0. The number of carbonyl (C=O) groups excluding carboxylic acids is 3. The molecular weight excluding hydrogens is 348 g/mol. The zero-order valence-corrected chi connectivity index (χ0v) is 15.9. The Labute approximate surface area is 158 Å². The molecule has 27 heavy (non-hydrogen) atoms. The SMILES string of the molecule is Cc1cc(C)c(NC(=O)C(C)OC(=O)CCNC(=O)c2ccco2)c(C)c1. The van der Waals surface area contributed by atoms with Gasteiger partial charge in [-0.2, -0.15) is 0 Å². The lowest BCUT2D eigenvalue weighted by atomic mass is 10.0. The van der Waals surface area contributed by atoms with E-state index in [1.807, 2.05) is 32.9 Å². The Morgan fingerprint density at radius 1 is 1.15 bits per heavy atom. The molecule has 0 radical (unpaired) electrons. The molecule has 0 bridgehead atoms. The average molecular weight is 372 g/mol. The van der Waals surface area contributed by atoms with E-state index >= 15 is 0 Å². The minimum absolute atomic E-state index is 0.0490. The molecule has 0 saturated heterocycles. The molecule has 0 aliphatic heterocycles. The molecule has 1 heterocycles. The Bertz CT molecular complexity index is 804. The van der Waals surface area contributed by atoms with Crippen LogP contribution in [0, 0.1) is 20.8 Å². The van der Waals surface area contributed by atoms with Gasteiger partial charge in [-0.05, 0) is 51.0 Å². The predicted octanol–water partition coefficient (Wildman–Crippen LogP) is 2.90. The number of ether oxygens (including phenoxy) is 1. The molecule has 7 nitrogen and oxygen atoms in total. The Morgan fingerprint density at radius 2 is 1.81 bits per heavy atom. The molecule has 1 aromatic carbocycles. The average Bonchev–Trinajstić information content (AvgIpc) is 3.12. The number of esters is 1. The van der Waals surface area contributed by atoms with Gasteiger partial charge < -0.3 is 19.8 Å². The van der Waals surface area contributed by atoms with Crippen LogP contribution >= 0.6 is 0 Å². The van der Waals surface area contributed by atoms with Crippen LogP contribution in [-0.2, 0) is 14.3 Å². The van der Waals surface area contributed by atoms with Crippen LogP contribution in [0.2, 0.25) is 0 Å². The molecule has 2 amide bonds. The topological polar surface area (TPSA) is 97.6 Å². The number of nitrogens with one attached hydrogen (secondary N) is 2. The molecule has 1 aromatic heterocycles. The van der Waals surface area contributed by atoms with Gasteiger partial charge in [-0.25, -0.2) is 0 Å². The number of hydrogen-bond donors (Lipinski definition) is 2. The minimum Gasteiger partial charge on any atom is -0.459 e. The number of amides is 2. The molecule has 0 saturated carbocycles. The molecule has 2 rings (SSSR count). The van der Waals surface area contributed by atoms with Gasteiger partial charge in [0.1, 0.15) is 0 Å². The summed E-state index contributed by atoms with van der Waals surface area (Å²) in [5, 5.41) is 5.35. The summed E-state index contributed by atoms with van der Waals surface area (Å²) in [5.74, 6) is -1.23. The smallest absolute Gasteiger partial charge is 0.308 e. The first-order valence-corrected chi connectivity index (χ1v) is 8.68. The van der Waals surface area contributed by atoms with E-state index in [0.717, 1.165) is 22.4 Å². The number of anilines is 1. The highest BCUT2D eigenvalue weighted by Gasteiger charge is 2.19. The molecule has 2 aromatic rings. The van der Waals surface area contributed by atoms with E-state index in [0.29, 0.717) is 0 Å². The van der Waals surface area contributed by atoms with Crippen LogP contribution in [0.3, 0.4) is 0 Å². The summed E-state index contributed by atoms with van der Waals surface area (Å²) in [6, 6.07) is 7.07. The number of rotatable bonds is 7. The van der Waals surface area contributed by atoms with Crippen molar-refractivity contribution in [2.45, 2.75) is 40.2 Å². The highest BCUT2D eigenvalue weighted by molar-refractivity contribution is 5.96. The largest absolute Gasteiger partial charge is 0.459 e. The molecule has 1 atom stereocenters.